The topological polar surface area (TPSA) is 26.7 Å². The van der Waals surface area contributed by atoms with Gasteiger partial charge >= 0.3 is 0 Å². The van der Waals surface area contributed by atoms with E-state index in [2.05, 4.69) is 40.3 Å². The predicted molar refractivity (Wildman–Crippen MR) is 105 cm³/mol. The Bertz CT molecular complexity index is 568. The second-order valence-electron chi connectivity index (χ2n) is 8.74. The van der Waals surface area contributed by atoms with Crippen molar-refractivity contribution in [1.29, 1.82) is 0 Å². The lowest BCUT2D eigenvalue weighted by atomic mass is 9.69. The van der Waals surface area contributed by atoms with Gasteiger partial charge in [0.25, 0.3) is 0 Å². The van der Waals surface area contributed by atoms with E-state index in [1.54, 1.807) is 4.88 Å². The highest BCUT2D eigenvalue weighted by Crippen LogP contribution is 2.42. The minimum Gasteiger partial charge on any atom is -0.396 e. The van der Waals surface area contributed by atoms with Crippen molar-refractivity contribution < 1.29 is 5.11 Å². The summed E-state index contributed by atoms with van der Waals surface area (Å²) < 4.78 is 0. The fourth-order valence-corrected chi connectivity index (χ4v) is 6.75. The second-order valence-corrected chi connectivity index (χ2v) is 9.94. The zero-order valence-electron chi connectivity index (χ0n) is 15.8. The molecule has 1 N–H and O–H groups in total. The number of hydrogen-bond donors (Lipinski definition) is 1. The first-order valence-electron chi connectivity index (χ1n) is 10.3. The van der Waals surface area contributed by atoms with E-state index in [0.717, 1.165) is 32.0 Å². The van der Waals surface area contributed by atoms with Crippen LogP contribution in [0.5, 0.6) is 0 Å². The molecule has 3 nitrogen and oxygen atoms in total. The summed E-state index contributed by atoms with van der Waals surface area (Å²) in [6, 6.07) is 5.32. The summed E-state index contributed by atoms with van der Waals surface area (Å²) in [6.07, 6.45) is 10.7. The highest BCUT2D eigenvalue weighted by Gasteiger charge is 2.46. The Labute approximate surface area is 157 Å². The van der Waals surface area contributed by atoms with Crippen molar-refractivity contribution in [1.82, 2.24) is 9.80 Å². The summed E-state index contributed by atoms with van der Waals surface area (Å²) >= 11 is 2.06. The van der Waals surface area contributed by atoms with Crippen LogP contribution < -0.4 is 0 Å². The lowest BCUT2D eigenvalue weighted by Gasteiger charge is -2.53. The van der Waals surface area contributed by atoms with Gasteiger partial charge in [-0.2, -0.15) is 0 Å². The molecule has 25 heavy (non-hydrogen) atoms. The number of likely N-dealkylation sites (tertiary alicyclic amines) is 2. The predicted octanol–water partition coefficient (Wildman–Crippen LogP) is 4.07. The van der Waals surface area contributed by atoms with E-state index in [4.69, 9.17) is 0 Å². The van der Waals surface area contributed by atoms with Gasteiger partial charge in [0.1, 0.15) is 0 Å². The van der Waals surface area contributed by atoms with Gasteiger partial charge < -0.3 is 10.0 Å². The highest BCUT2D eigenvalue weighted by atomic mass is 32.1. The number of piperidine rings is 2. The smallest absolute Gasteiger partial charge is 0.0503 e. The first kappa shape index (κ1) is 18.0. The van der Waals surface area contributed by atoms with Crippen LogP contribution in [0.3, 0.4) is 0 Å². The molecular weight excluding hydrogens is 328 g/mol. The molecule has 4 heteroatoms. The van der Waals surface area contributed by atoms with Gasteiger partial charge in [-0.1, -0.05) is 19.3 Å². The fraction of sp³-hybridized carbons (Fsp3) is 0.810. The van der Waals surface area contributed by atoms with Gasteiger partial charge in [-0.15, -0.1) is 11.3 Å². The Morgan fingerprint density at radius 2 is 1.96 bits per heavy atom. The van der Waals surface area contributed by atoms with Crippen LogP contribution in [0.2, 0.25) is 0 Å². The molecule has 3 fully saturated rings. The number of fused-ring (bicyclic) bond motifs is 1. The van der Waals surface area contributed by atoms with E-state index in [-0.39, 0.29) is 5.41 Å². The summed E-state index contributed by atoms with van der Waals surface area (Å²) in [4.78, 5) is 8.31. The van der Waals surface area contributed by atoms with Gasteiger partial charge in [-0.25, -0.2) is 0 Å². The van der Waals surface area contributed by atoms with Gasteiger partial charge in [0.2, 0.25) is 0 Å². The van der Waals surface area contributed by atoms with Crippen molar-refractivity contribution in [3.05, 3.63) is 21.9 Å². The van der Waals surface area contributed by atoms with Crippen LogP contribution >= 0.6 is 11.3 Å². The van der Waals surface area contributed by atoms with Crippen LogP contribution in [0.25, 0.3) is 0 Å². The average molecular weight is 363 g/mol. The number of thiophene rings is 1. The molecule has 3 aliphatic rings. The molecule has 2 aliphatic heterocycles. The molecule has 1 saturated carbocycles. The van der Waals surface area contributed by atoms with Gasteiger partial charge in [-0.05, 0) is 70.3 Å². The summed E-state index contributed by atoms with van der Waals surface area (Å²) in [5.41, 5.74) is 0.159. The molecule has 1 aromatic rings. The molecule has 2 atom stereocenters. The van der Waals surface area contributed by atoms with E-state index >= 15 is 0 Å². The maximum Gasteiger partial charge on any atom is 0.0503 e. The summed E-state index contributed by atoms with van der Waals surface area (Å²) in [5.74, 6) is 0.834. The summed E-state index contributed by atoms with van der Waals surface area (Å²) in [6.45, 7) is 4.91. The zero-order chi connectivity index (χ0) is 17.3. The third kappa shape index (κ3) is 3.69. The number of nitrogens with zero attached hydrogens (tertiary/aromatic N) is 2. The Morgan fingerprint density at radius 1 is 1.12 bits per heavy atom. The number of aliphatic hydroxyl groups excluding tert-OH is 1. The molecule has 0 radical (unpaired) electrons. The number of rotatable bonds is 4. The molecule has 1 aliphatic carbocycles. The zero-order valence-corrected chi connectivity index (χ0v) is 16.6. The van der Waals surface area contributed by atoms with E-state index in [0.29, 0.717) is 12.6 Å². The van der Waals surface area contributed by atoms with Crippen LogP contribution in [0.15, 0.2) is 12.1 Å². The molecule has 0 spiro atoms. The molecule has 4 rings (SSSR count). The number of likely N-dealkylation sites (N-methyl/N-ethyl adjacent to an activating group) is 1. The molecule has 0 aromatic carbocycles. The van der Waals surface area contributed by atoms with Crippen LogP contribution in [-0.2, 0) is 6.54 Å². The molecule has 1 aromatic heterocycles. The largest absolute Gasteiger partial charge is 0.396 e. The first-order valence-corrected chi connectivity index (χ1v) is 11.1. The molecule has 0 unspecified atom stereocenters. The fourth-order valence-electron chi connectivity index (χ4n) is 5.53. The number of aliphatic hydroxyl groups is 1. The molecular formula is C21H34N2OS. The third-order valence-electron chi connectivity index (χ3n) is 7.17. The average Bonchev–Trinajstić information content (AvgIpc) is 3.12. The van der Waals surface area contributed by atoms with E-state index in [9.17, 15) is 5.11 Å². The Morgan fingerprint density at radius 3 is 2.76 bits per heavy atom. The van der Waals surface area contributed by atoms with Crippen LogP contribution in [0, 0.1) is 5.41 Å². The highest BCUT2D eigenvalue weighted by molar-refractivity contribution is 7.12. The van der Waals surface area contributed by atoms with Crippen molar-refractivity contribution in [3.8, 4) is 0 Å². The van der Waals surface area contributed by atoms with Gasteiger partial charge in [0.05, 0.1) is 6.61 Å². The maximum atomic E-state index is 10.1. The third-order valence-corrected chi connectivity index (χ3v) is 8.40. The Kier molecular flexibility index (Phi) is 5.52. The van der Waals surface area contributed by atoms with Crippen LogP contribution in [0.1, 0.15) is 67.0 Å². The Hall–Kier alpha value is -0.420. The summed E-state index contributed by atoms with van der Waals surface area (Å²) in [7, 11) is 2.25. The quantitative estimate of drug-likeness (QED) is 0.874. The minimum absolute atomic E-state index is 0.159. The van der Waals surface area contributed by atoms with Crippen molar-refractivity contribution in [2.75, 3.05) is 33.3 Å². The van der Waals surface area contributed by atoms with Crippen molar-refractivity contribution >= 4 is 11.3 Å². The van der Waals surface area contributed by atoms with Crippen molar-refractivity contribution in [2.24, 2.45) is 5.41 Å². The Balaban J connectivity index is 1.39. The van der Waals surface area contributed by atoms with E-state index < -0.39 is 0 Å². The first-order chi connectivity index (χ1) is 12.2. The van der Waals surface area contributed by atoms with Crippen molar-refractivity contribution in [3.63, 3.8) is 0 Å². The molecule has 0 bridgehead atoms. The molecule has 3 heterocycles. The van der Waals surface area contributed by atoms with Gasteiger partial charge in [0, 0.05) is 34.3 Å². The monoisotopic (exact) mass is 362 g/mol. The summed E-state index contributed by atoms with van der Waals surface area (Å²) in [5, 5.41) is 10.1. The minimum atomic E-state index is 0.159. The van der Waals surface area contributed by atoms with Crippen LogP contribution in [-0.4, -0.2) is 54.2 Å². The van der Waals surface area contributed by atoms with Crippen LogP contribution in [0.4, 0.5) is 0 Å². The lowest BCUT2D eigenvalue weighted by Crippen LogP contribution is -2.61. The SMILES string of the molecule is CN1CCC[C@]2(CO)CCN(Cc3ccc(C4CCCCC4)s3)C[C@@H]12. The molecule has 2 saturated heterocycles. The van der Waals surface area contributed by atoms with Gasteiger partial charge in [-0.3, -0.25) is 4.90 Å². The standard InChI is InChI=1S/C21H34N2OS/c1-22-12-5-10-21(16-24)11-13-23(15-20(21)22)14-18-8-9-19(25-18)17-6-3-2-4-7-17/h8-9,17,20,24H,2-7,10-16H2,1H3/t20-,21-/m1/s1. The normalized spacial score (nSPS) is 32.6. The number of hydrogen-bond acceptors (Lipinski definition) is 4. The lowest BCUT2D eigenvalue weighted by molar-refractivity contribution is -0.0682. The van der Waals surface area contributed by atoms with Gasteiger partial charge in [0.15, 0.2) is 0 Å². The second kappa shape index (κ2) is 7.67. The maximum absolute atomic E-state index is 10.1. The van der Waals surface area contributed by atoms with Crippen molar-refractivity contribution in [2.45, 2.75) is 69.9 Å². The van der Waals surface area contributed by atoms with E-state index in [1.165, 1.54) is 56.4 Å². The molecule has 140 valence electrons. The molecule has 0 amide bonds. The van der Waals surface area contributed by atoms with E-state index in [1.807, 2.05) is 0 Å².